The van der Waals surface area contributed by atoms with E-state index in [1.54, 1.807) is 6.08 Å². The lowest BCUT2D eigenvalue weighted by atomic mass is 10.2. The Morgan fingerprint density at radius 1 is 1.15 bits per heavy atom. The molecule has 4 rings (SSSR count). The zero-order valence-electron chi connectivity index (χ0n) is 13.8. The topological polar surface area (TPSA) is 54.5 Å². The van der Waals surface area contributed by atoms with Gasteiger partial charge in [0.25, 0.3) is 0 Å². The van der Waals surface area contributed by atoms with E-state index in [1.165, 1.54) is 11.3 Å². The zero-order valence-corrected chi connectivity index (χ0v) is 15.4. The first kappa shape index (κ1) is 16.5. The summed E-state index contributed by atoms with van der Waals surface area (Å²) in [4.78, 5) is 9.21. The van der Waals surface area contributed by atoms with Crippen LogP contribution < -0.4 is 0 Å². The van der Waals surface area contributed by atoms with Crippen molar-refractivity contribution >= 4 is 45.6 Å². The largest absolute Gasteiger partial charge is 0.326 e. The number of benzene rings is 2. The van der Waals surface area contributed by atoms with E-state index in [0.717, 1.165) is 27.3 Å². The number of hydrogen-bond donors (Lipinski definition) is 0. The first-order valence-corrected chi connectivity index (χ1v) is 9.16. The molecular weight excluding hydrogens is 364 g/mol. The van der Waals surface area contributed by atoms with Crippen LogP contribution in [0.25, 0.3) is 33.3 Å². The van der Waals surface area contributed by atoms with Crippen LogP contribution in [0, 0.1) is 11.3 Å². The average molecular weight is 377 g/mol. The predicted molar refractivity (Wildman–Crippen MR) is 107 cm³/mol. The lowest BCUT2D eigenvalue weighted by Gasteiger charge is -2.00. The Labute approximate surface area is 159 Å². The highest BCUT2D eigenvalue weighted by atomic mass is 35.5. The van der Waals surface area contributed by atoms with Gasteiger partial charge in [0.05, 0.1) is 22.3 Å². The molecule has 0 aliphatic heterocycles. The van der Waals surface area contributed by atoms with Gasteiger partial charge < -0.3 is 4.57 Å². The Bertz CT molecular complexity index is 1160. The Kier molecular flexibility index (Phi) is 4.29. The summed E-state index contributed by atoms with van der Waals surface area (Å²) < 4.78 is 1.93. The Morgan fingerprint density at radius 3 is 2.65 bits per heavy atom. The van der Waals surface area contributed by atoms with E-state index in [9.17, 15) is 5.26 Å². The van der Waals surface area contributed by atoms with Gasteiger partial charge in [0, 0.05) is 23.0 Å². The first-order valence-electron chi connectivity index (χ1n) is 7.91. The van der Waals surface area contributed by atoms with Gasteiger partial charge in [0.2, 0.25) is 0 Å². The number of aromatic nitrogens is 3. The van der Waals surface area contributed by atoms with Crippen molar-refractivity contribution in [2.75, 3.05) is 0 Å². The third kappa shape index (κ3) is 3.01. The van der Waals surface area contributed by atoms with Gasteiger partial charge in [0.1, 0.15) is 11.1 Å². The molecule has 0 spiro atoms. The molecule has 2 aromatic carbocycles. The molecule has 6 heteroatoms. The van der Waals surface area contributed by atoms with Crippen molar-refractivity contribution < 1.29 is 0 Å². The third-order valence-electron chi connectivity index (χ3n) is 4.05. The van der Waals surface area contributed by atoms with E-state index in [2.05, 4.69) is 16.0 Å². The predicted octanol–water partition coefficient (Wildman–Crippen LogP) is 5.41. The lowest BCUT2D eigenvalue weighted by Crippen LogP contribution is -1.96. The van der Waals surface area contributed by atoms with Crippen molar-refractivity contribution in [3.8, 4) is 16.6 Å². The van der Waals surface area contributed by atoms with Gasteiger partial charge in [-0.1, -0.05) is 35.9 Å². The van der Waals surface area contributed by atoms with Crippen molar-refractivity contribution in [3.05, 3.63) is 70.5 Å². The van der Waals surface area contributed by atoms with Crippen LogP contribution in [0.15, 0.2) is 53.9 Å². The normalized spacial score (nSPS) is 11.7. The van der Waals surface area contributed by atoms with Crippen molar-refractivity contribution in [1.82, 2.24) is 14.5 Å². The fourth-order valence-electron chi connectivity index (χ4n) is 2.76. The SMILES string of the molecule is Cn1c(/C(C#N)=C/c2csc(-c3ccc(Cl)cc3)n2)nc2ccccc21. The molecule has 0 aliphatic rings. The third-order valence-corrected chi connectivity index (χ3v) is 5.22. The summed E-state index contributed by atoms with van der Waals surface area (Å²) >= 11 is 7.47. The van der Waals surface area contributed by atoms with Crippen molar-refractivity contribution in [3.63, 3.8) is 0 Å². The van der Waals surface area contributed by atoms with Crippen molar-refractivity contribution in [1.29, 1.82) is 5.26 Å². The minimum atomic E-state index is 0.483. The number of nitrogens with zero attached hydrogens (tertiary/aromatic N) is 4. The zero-order chi connectivity index (χ0) is 18.1. The highest BCUT2D eigenvalue weighted by Gasteiger charge is 2.13. The maximum absolute atomic E-state index is 9.63. The second kappa shape index (κ2) is 6.75. The van der Waals surface area contributed by atoms with Crippen LogP contribution >= 0.6 is 22.9 Å². The molecule has 26 heavy (non-hydrogen) atoms. The maximum Gasteiger partial charge on any atom is 0.151 e. The van der Waals surface area contributed by atoms with Crippen LogP contribution in [0.1, 0.15) is 11.5 Å². The second-order valence-electron chi connectivity index (χ2n) is 5.74. The van der Waals surface area contributed by atoms with E-state index in [4.69, 9.17) is 11.6 Å². The van der Waals surface area contributed by atoms with E-state index < -0.39 is 0 Å². The van der Waals surface area contributed by atoms with Crippen LogP contribution in [0.3, 0.4) is 0 Å². The van der Waals surface area contributed by atoms with Gasteiger partial charge in [-0.25, -0.2) is 9.97 Å². The summed E-state index contributed by atoms with van der Waals surface area (Å²) in [6, 6.07) is 17.6. The smallest absolute Gasteiger partial charge is 0.151 e. The number of para-hydroxylation sites is 2. The molecular formula is C20H13ClN4S. The summed E-state index contributed by atoms with van der Waals surface area (Å²) in [5.41, 5.74) is 4.08. The van der Waals surface area contributed by atoms with Gasteiger partial charge in [-0.2, -0.15) is 5.26 Å². The molecule has 0 fully saturated rings. The second-order valence-corrected chi connectivity index (χ2v) is 7.03. The van der Waals surface area contributed by atoms with Crippen LogP contribution in [-0.2, 0) is 7.05 Å². The first-order chi connectivity index (χ1) is 12.7. The highest BCUT2D eigenvalue weighted by molar-refractivity contribution is 7.13. The van der Waals surface area contributed by atoms with Crippen molar-refractivity contribution in [2.45, 2.75) is 0 Å². The molecule has 126 valence electrons. The number of rotatable bonds is 3. The van der Waals surface area contributed by atoms with Gasteiger partial charge in [-0.05, 0) is 30.3 Å². The molecule has 0 N–H and O–H groups in total. The standard InChI is InChI=1S/C20H13ClN4S/c1-25-18-5-3-2-4-17(18)24-19(25)14(11-22)10-16-12-26-20(23-16)13-6-8-15(21)9-7-13/h2-10,12H,1H3/b14-10+. The fourth-order valence-corrected chi connectivity index (χ4v) is 3.67. The maximum atomic E-state index is 9.63. The number of allylic oxidation sites excluding steroid dienone is 1. The number of thiazole rings is 1. The van der Waals surface area contributed by atoms with Gasteiger partial charge in [-0.15, -0.1) is 11.3 Å². The summed E-state index contributed by atoms with van der Waals surface area (Å²) in [6.45, 7) is 0. The number of imidazole rings is 1. The molecule has 0 aliphatic carbocycles. The van der Waals surface area contributed by atoms with Crippen LogP contribution in [0.2, 0.25) is 5.02 Å². The molecule has 2 heterocycles. The average Bonchev–Trinajstić information content (AvgIpc) is 3.26. The van der Waals surface area contributed by atoms with Crippen LogP contribution in [0.5, 0.6) is 0 Å². The molecule has 0 unspecified atom stereocenters. The minimum absolute atomic E-state index is 0.483. The molecule has 0 atom stereocenters. The minimum Gasteiger partial charge on any atom is -0.326 e. The van der Waals surface area contributed by atoms with E-state index in [0.29, 0.717) is 16.4 Å². The van der Waals surface area contributed by atoms with Crippen molar-refractivity contribution in [2.24, 2.45) is 7.05 Å². The Balaban J connectivity index is 1.73. The van der Waals surface area contributed by atoms with E-state index >= 15 is 0 Å². The Morgan fingerprint density at radius 2 is 1.92 bits per heavy atom. The summed E-state index contributed by atoms with van der Waals surface area (Å²) in [5.74, 6) is 0.634. The molecule has 0 saturated carbocycles. The van der Waals surface area contributed by atoms with E-state index in [1.807, 2.05) is 65.5 Å². The molecule has 0 saturated heterocycles. The monoisotopic (exact) mass is 376 g/mol. The molecule has 4 aromatic rings. The van der Waals surface area contributed by atoms with Gasteiger partial charge >= 0.3 is 0 Å². The number of fused-ring (bicyclic) bond motifs is 1. The highest BCUT2D eigenvalue weighted by Crippen LogP contribution is 2.27. The number of nitriles is 1. The molecule has 0 amide bonds. The summed E-state index contributed by atoms with van der Waals surface area (Å²) in [7, 11) is 1.91. The number of hydrogen-bond acceptors (Lipinski definition) is 4. The molecule has 0 bridgehead atoms. The van der Waals surface area contributed by atoms with Gasteiger partial charge in [-0.3, -0.25) is 0 Å². The molecule has 0 radical (unpaired) electrons. The van der Waals surface area contributed by atoms with E-state index in [-0.39, 0.29) is 0 Å². The molecule has 2 aromatic heterocycles. The Hall–Kier alpha value is -2.94. The van der Waals surface area contributed by atoms with Crippen LogP contribution in [-0.4, -0.2) is 14.5 Å². The fraction of sp³-hybridized carbons (Fsp3) is 0.0500. The lowest BCUT2D eigenvalue weighted by molar-refractivity contribution is 0.925. The summed E-state index contributed by atoms with van der Waals surface area (Å²) in [6.07, 6.45) is 1.77. The number of halogens is 1. The van der Waals surface area contributed by atoms with Crippen LogP contribution in [0.4, 0.5) is 0 Å². The molecule has 4 nitrogen and oxygen atoms in total. The number of aryl methyl sites for hydroxylation is 1. The quantitative estimate of drug-likeness (QED) is 0.449. The summed E-state index contributed by atoms with van der Waals surface area (Å²) in [5, 5.41) is 13.1. The van der Waals surface area contributed by atoms with Gasteiger partial charge in [0.15, 0.2) is 5.82 Å².